The quantitative estimate of drug-likeness (QED) is 0.566. The molecule has 1 aliphatic heterocycles. The van der Waals surface area contributed by atoms with E-state index in [1.807, 2.05) is 56.5 Å². The first-order chi connectivity index (χ1) is 14.9. The van der Waals surface area contributed by atoms with Gasteiger partial charge >= 0.3 is 0 Å². The number of hydrazone groups is 1. The molecule has 8 nitrogen and oxygen atoms in total. The zero-order valence-electron chi connectivity index (χ0n) is 17.7. The number of nitrogens with one attached hydrogen (secondary N) is 2. The van der Waals surface area contributed by atoms with Crippen LogP contribution in [0.4, 0.5) is 5.69 Å². The van der Waals surface area contributed by atoms with Crippen LogP contribution in [0.15, 0.2) is 41.5 Å². The summed E-state index contributed by atoms with van der Waals surface area (Å²) in [6.45, 7) is 4.39. The third-order valence-corrected chi connectivity index (χ3v) is 5.20. The minimum Gasteiger partial charge on any atom is -0.494 e. The number of amides is 1. The number of aromatic hydroxyl groups is 1. The second-order valence-electron chi connectivity index (χ2n) is 7.85. The molecule has 31 heavy (non-hydrogen) atoms. The van der Waals surface area contributed by atoms with E-state index < -0.39 is 0 Å². The van der Waals surface area contributed by atoms with E-state index in [0.717, 1.165) is 16.8 Å². The Morgan fingerprint density at radius 3 is 2.84 bits per heavy atom. The fourth-order valence-corrected chi connectivity index (χ4v) is 3.48. The number of hydrogen-bond acceptors (Lipinski definition) is 7. The van der Waals surface area contributed by atoms with E-state index in [1.165, 1.54) is 0 Å². The lowest BCUT2D eigenvalue weighted by Crippen LogP contribution is -2.17. The number of aromatic nitrogens is 2. The fraction of sp³-hybridized carbons (Fsp3) is 0.304. The Balaban J connectivity index is 1.65. The molecule has 4 rings (SSSR count). The number of carbonyl (C=O) groups excluding carboxylic acids is 1. The summed E-state index contributed by atoms with van der Waals surface area (Å²) < 4.78 is 5.56. The van der Waals surface area contributed by atoms with Gasteiger partial charge in [0.15, 0.2) is 0 Å². The highest BCUT2D eigenvalue weighted by atomic mass is 16.5. The minimum atomic E-state index is -0.104. The van der Waals surface area contributed by atoms with Crippen molar-refractivity contribution in [3.8, 4) is 11.6 Å². The van der Waals surface area contributed by atoms with Crippen LogP contribution in [0.3, 0.4) is 0 Å². The molecule has 1 aliphatic rings. The molecule has 1 unspecified atom stereocenters. The predicted octanol–water partition coefficient (Wildman–Crippen LogP) is 3.20. The van der Waals surface area contributed by atoms with Crippen LogP contribution in [0.5, 0.6) is 11.6 Å². The van der Waals surface area contributed by atoms with Gasteiger partial charge in [-0.2, -0.15) is 10.1 Å². The van der Waals surface area contributed by atoms with Crippen molar-refractivity contribution in [2.24, 2.45) is 11.0 Å². The van der Waals surface area contributed by atoms with Crippen LogP contribution in [-0.4, -0.2) is 40.9 Å². The second-order valence-corrected chi connectivity index (χ2v) is 7.85. The Hall–Kier alpha value is -3.68. The van der Waals surface area contributed by atoms with E-state index >= 15 is 0 Å². The number of methoxy groups -OCH3 is 1. The molecular formula is C23H25N5O3. The summed E-state index contributed by atoms with van der Waals surface area (Å²) in [5, 5.41) is 18.1. The van der Waals surface area contributed by atoms with Gasteiger partial charge in [0.25, 0.3) is 0 Å². The highest BCUT2D eigenvalue weighted by Gasteiger charge is 2.19. The Labute approximate surface area is 180 Å². The van der Waals surface area contributed by atoms with Gasteiger partial charge in [0.1, 0.15) is 17.1 Å². The highest BCUT2D eigenvalue weighted by molar-refractivity contribution is 5.92. The van der Waals surface area contributed by atoms with Gasteiger partial charge in [-0.1, -0.05) is 26.0 Å². The van der Waals surface area contributed by atoms with Crippen molar-refractivity contribution in [2.75, 3.05) is 19.0 Å². The van der Waals surface area contributed by atoms with Gasteiger partial charge in [0, 0.05) is 36.7 Å². The lowest BCUT2D eigenvalue weighted by molar-refractivity contribution is -0.118. The second kappa shape index (κ2) is 8.59. The molecule has 0 saturated carbocycles. The van der Waals surface area contributed by atoms with Crippen LogP contribution >= 0.6 is 0 Å². The van der Waals surface area contributed by atoms with Gasteiger partial charge in [-0.05, 0) is 35.4 Å². The van der Waals surface area contributed by atoms with Gasteiger partial charge in [-0.3, -0.25) is 4.79 Å². The Bertz CT molecular complexity index is 1160. The van der Waals surface area contributed by atoms with Crippen molar-refractivity contribution >= 4 is 28.7 Å². The van der Waals surface area contributed by atoms with Gasteiger partial charge in [-0.25, -0.2) is 4.98 Å². The summed E-state index contributed by atoms with van der Waals surface area (Å²) in [5.41, 5.74) is 6.10. The molecule has 1 amide bonds. The number of hydrogen-bond donors (Lipinski definition) is 3. The summed E-state index contributed by atoms with van der Waals surface area (Å²) in [6.07, 6.45) is 2.23. The first-order valence-corrected chi connectivity index (χ1v) is 10.2. The standard InChI is InChI=1S/C23H25N5O3/c1-13(2)22(29)26-17-6-4-5-14(7-17)8-20-27-21-18(23(30)28-20)9-15(10-19(21)31-3)16-11-24-25-12-16/h4-7,9-11,13,16,25H,8,12H2,1-3H3,(H,26,29)(H,27,28,30). The van der Waals surface area contributed by atoms with E-state index in [9.17, 15) is 9.90 Å². The Morgan fingerprint density at radius 2 is 2.13 bits per heavy atom. The molecule has 0 saturated heterocycles. The van der Waals surface area contributed by atoms with Crippen LogP contribution < -0.4 is 15.5 Å². The molecule has 1 aromatic heterocycles. The number of fused-ring (bicyclic) bond motifs is 1. The summed E-state index contributed by atoms with van der Waals surface area (Å²) >= 11 is 0. The van der Waals surface area contributed by atoms with Gasteiger partial charge in [-0.15, -0.1) is 0 Å². The monoisotopic (exact) mass is 419 g/mol. The summed E-state index contributed by atoms with van der Waals surface area (Å²) in [4.78, 5) is 20.9. The van der Waals surface area contributed by atoms with Crippen LogP contribution in [0.25, 0.3) is 10.9 Å². The molecule has 8 heteroatoms. The Kier molecular flexibility index (Phi) is 5.70. The van der Waals surface area contributed by atoms with Crippen LogP contribution in [0.1, 0.15) is 36.7 Å². The first-order valence-electron chi connectivity index (χ1n) is 10.2. The van der Waals surface area contributed by atoms with Gasteiger partial charge in [0.2, 0.25) is 11.8 Å². The summed E-state index contributed by atoms with van der Waals surface area (Å²) in [7, 11) is 1.58. The van der Waals surface area contributed by atoms with E-state index in [1.54, 1.807) is 7.11 Å². The number of benzene rings is 2. The molecule has 2 heterocycles. The van der Waals surface area contributed by atoms with E-state index in [-0.39, 0.29) is 23.6 Å². The molecular weight excluding hydrogens is 394 g/mol. The van der Waals surface area contributed by atoms with E-state index in [4.69, 9.17) is 4.74 Å². The van der Waals surface area contributed by atoms with Crippen molar-refractivity contribution < 1.29 is 14.6 Å². The largest absolute Gasteiger partial charge is 0.494 e. The SMILES string of the molecule is COc1cc(C2C=NNC2)cc2c(O)nc(Cc3cccc(NC(=O)C(C)C)c3)nc12. The van der Waals surface area contributed by atoms with Crippen LogP contribution in [0, 0.1) is 5.92 Å². The fourth-order valence-electron chi connectivity index (χ4n) is 3.48. The van der Waals surface area contributed by atoms with Crippen LogP contribution in [-0.2, 0) is 11.2 Å². The number of rotatable bonds is 6. The predicted molar refractivity (Wildman–Crippen MR) is 120 cm³/mol. The first kappa shape index (κ1) is 20.6. The number of ether oxygens (including phenoxy) is 1. The third-order valence-electron chi connectivity index (χ3n) is 5.20. The summed E-state index contributed by atoms with van der Waals surface area (Å²) in [6, 6.07) is 11.3. The molecule has 3 N–H and O–H groups in total. The van der Waals surface area contributed by atoms with Gasteiger partial charge < -0.3 is 20.6 Å². The molecule has 0 spiro atoms. The van der Waals surface area contributed by atoms with Gasteiger partial charge in [0.05, 0.1) is 12.5 Å². The average molecular weight is 419 g/mol. The molecule has 0 aliphatic carbocycles. The molecule has 2 aromatic carbocycles. The number of carbonyl (C=O) groups is 1. The molecule has 0 fully saturated rings. The lowest BCUT2D eigenvalue weighted by atomic mass is 9.98. The maximum atomic E-state index is 12.0. The van der Waals surface area contributed by atoms with Crippen molar-refractivity contribution in [3.63, 3.8) is 0 Å². The van der Waals surface area contributed by atoms with E-state index in [0.29, 0.717) is 35.4 Å². The van der Waals surface area contributed by atoms with Crippen molar-refractivity contribution in [1.82, 2.24) is 15.4 Å². The highest BCUT2D eigenvalue weighted by Crippen LogP contribution is 2.33. The molecule has 1 atom stereocenters. The minimum absolute atomic E-state index is 0.0419. The lowest BCUT2D eigenvalue weighted by Gasteiger charge is -2.13. The smallest absolute Gasteiger partial charge is 0.226 e. The van der Waals surface area contributed by atoms with Crippen LogP contribution in [0.2, 0.25) is 0 Å². The third kappa shape index (κ3) is 4.42. The van der Waals surface area contributed by atoms with E-state index in [2.05, 4.69) is 25.8 Å². The zero-order valence-corrected chi connectivity index (χ0v) is 17.7. The zero-order chi connectivity index (χ0) is 22.0. The Morgan fingerprint density at radius 1 is 1.29 bits per heavy atom. The molecule has 0 radical (unpaired) electrons. The summed E-state index contributed by atoms with van der Waals surface area (Å²) in [5.74, 6) is 0.901. The maximum absolute atomic E-state index is 12.0. The average Bonchev–Trinajstić information content (AvgIpc) is 3.28. The number of anilines is 1. The number of nitrogens with zero attached hydrogens (tertiary/aromatic N) is 3. The topological polar surface area (TPSA) is 109 Å². The molecule has 3 aromatic rings. The van der Waals surface area contributed by atoms with Crippen molar-refractivity contribution in [3.05, 3.63) is 53.3 Å². The normalized spacial score (nSPS) is 15.3. The molecule has 0 bridgehead atoms. The molecule has 160 valence electrons. The maximum Gasteiger partial charge on any atom is 0.226 e. The van der Waals surface area contributed by atoms with Crippen molar-refractivity contribution in [1.29, 1.82) is 0 Å². The van der Waals surface area contributed by atoms with Crippen molar-refractivity contribution in [2.45, 2.75) is 26.2 Å².